The number of para-hydroxylation sites is 1. The van der Waals surface area contributed by atoms with Crippen LogP contribution >= 0.6 is 0 Å². The summed E-state index contributed by atoms with van der Waals surface area (Å²) in [7, 11) is 0. The van der Waals surface area contributed by atoms with Gasteiger partial charge in [0.2, 0.25) is 0 Å². The van der Waals surface area contributed by atoms with Gasteiger partial charge in [0.15, 0.2) is 0 Å². The Morgan fingerprint density at radius 3 is 2.46 bits per heavy atom. The van der Waals surface area contributed by atoms with Gasteiger partial charge in [0.1, 0.15) is 5.75 Å². The van der Waals surface area contributed by atoms with Crippen molar-refractivity contribution < 1.29 is 4.74 Å². The third-order valence-electron chi connectivity index (χ3n) is 5.87. The van der Waals surface area contributed by atoms with Gasteiger partial charge in [0.25, 0.3) is 0 Å². The van der Waals surface area contributed by atoms with Crippen molar-refractivity contribution in [3.8, 4) is 5.75 Å². The molecule has 138 valence electrons. The summed E-state index contributed by atoms with van der Waals surface area (Å²) in [5.41, 5.74) is 4.19. The molecule has 2 aliphatic heterocycles. The van der Waals surface area contributed by atoms with E-state index in [9.17, 15) is 0 Å². The molecule has 1 atom stereocenters. The topological polar surface area (TPSA) is 15.7 Å². The fourth-order valence-electron chi connectivity index (χ4n) is 4.18. The van der Waals surface area contributed by atoms with Gasteiger partial charge in [-0.05, 0) is 49.4 Å². The van der Waals surface area contributed by atoms with E-state index in [0.717, 1.165) is 25.3 Å². The molecule has 0 N–H and O–H groups in total. The maximum atomic E-state index is 5.80. The van der Waals surface area contributed by atoms with Crippen LogP contribution in [-0.2, 0) is 6.54 Å². The molecule has 3 nitrogen and oxygen atoms in total. The van der Waals surface area contributed by atoms with Crippen LogP contribution in [0.1, 0.15) is 35.4 Å². The van der Waals surface area contributed by atoms with Gasteiger partial charge in [0, 0.05) is 32.7 Å². The molecule has 0 spiro atoms. The minimum atomic E-state index is 0.658. The Bertz CT molecular complexity index is 704. The van der Waals surface area contributed by atoms with Crippen molar-refractivity contribution in [3.63, 3.8) is 0 Å². The quantitative estimate of drug-likeness (QED) is 0.808. The SMILES string of the molecule is Cc1ccc(CN2CCN(CCC3CCOc4ccccc43)CC2)cc1. The fourth-order valence-corrected chi connectivity index (χ4v) is 4.18. The van der Waals surface area contributed by atoms with Crippen LogP contribution in [-0.4, -0.2) is 49.1 Å². The normalized spacial score (nSPS) is 21.2. The van der Waals surface area contributed by atoms with Crippen LogP contribution in [0.5, 0.6) is 5.75 Å². The van der Waals surface area contributed by atoms with Gasteiger partial charge in [0.05, 0.1) is 6.61 Å². The van der Waals surface area contributed by atoms with E-state index in [1.807, 2.05) is 0 Å². The summed E-state index contributed by atoms with van der Waals surface area (Å²) in [6.07, 6.45) is 2.41. The lowest BCUT2D eigenvalue weighted by Gasteiger charge is -2.36. The lowest BCUT2D eigenvalue weighted by Crippen LogP contribution is -2.46. The molecule has 4 rings (SSSR count). The highest BCUT2D eigenvalue weighted by Gasteiger charge is 2.23. The predicted octanol–water partition coefficient (Wildman–Crippen LogP) is 4.07. The number of ether oxygens (including phenoxy) is 1. The maximum Gasteiger partial charge on any atom is 0.122 e. The van der Waals surface area contributed by atoms with Crippen molar-refractivity contribution in [2.75, 3.05) is 39.3 Å². The minimum Gasteiger partial charge on any atom is -0.493 e. The summed E-state index contributed by atoms with van der Waals surface area (Å²) >= 11 is 0. The second-order valence-electron chi connectivity index (χ2n) is 7.76. The van der Waals surface area contributed by atoms with Crippen LogP contribution < -0.4 is 4.74 Å². The number of hydrogen-bond acceptors (Lipinski definition) is 3. The zero-order valence-corrected chi connectivity index (χ0v) is 15.9. The second-order valence-corrected chi connectivity index (χ2v) is 7.76. The summed E-state index contributed by atoms with van der Waals surface area (Å²) < 4.78 is 5.80. The summed E-state index contributed by atoms with van der Waals surface area (Å²) in [5, 5.41) is 0. The molecule has 0 saturated carbocycles. The maximum absolute atomic E-state index is 5.80. The number of piperazine rings is 1. The highest BCUT2D eigenvalue weighted by atomic mass is 16.5. The first-order chi connectivity index (χ1) is 12.8. The van der Waals surface area contributed by atoms with Crippen molar-refractivity contribution in [2.45, 2.75) is 32.2 Å². The molecule has 2 aliphatic rings. The van der Waals surface area contributed by atoms with Crippen LogP contribution in [0.3, 0.4) is 0 Å². The molecule has 1 saturated heterocycles. The molecular formula is C23H30N2O. The molecule has 3 heteroatoms. The van der Waals surface area contributed by atoms with Crippen LogP contribution in [0.2, 0.25) is 0 Å². The van der Waals surface area contributed by atoms with E-state index >= 15 is 0 Å². The molecule has 26 heavy (non-hydrogen) atoms. The van der Waals surface area contributed by atoms with Gasteiger partial charge < -0.3 is 9.64 Å². The third-order valence-corrected chi connectivity index (χ3v) is 5.87. The van der Waals surface area contributed by atoms with Crippen molar-refractivity contribution in [3.05, 3.63) is 65.2 Å². The first kappa shape index (κ1) is 17.6. The zero-order chi connectivity index (χ0) is 17.8. The highest BCUT2D eigenvalue weighted by molar-refractivity contribution is 5.37. The standard InChI is InChI=1S/C23H30N2O/c1-19-6-8-20(9-7-19)18-25-15-13-24(14-16-25)12-10-21-11-17-26-23-5-3-2-4-22(21)23/h2-9,21H,10-18H2,1H3. The molecule has 0 aliphatic carbocycles. The van der Waals surface area contributed by atoms with Crippen molar-refractivity contribution in [1.29, 1.82) is 0 Å². The Kier molecular flexibility index (Phi) is 5.57. The molecule has 0 amide bonds. The number of rotatable bonds is 5. The fraction of sp³-hybridized carbons (Fsp3) is 0.478. The van der Waals surface area contributed by atoms with E-state index in [0.29, 0.717) is 5.92 Å². The summed E-state index contributed by atoms with van der Waals surface area (Å²) in [5.74, 6) is 1.76. The first-order valence-electron chi connectivity index (χ1n) is 10.00. The Morgan fingerprint density at radius 1 is 0.923 bits per heavy atom. The first-order valence-corrected chi connectivity index (χ1v) is 10.00. The van der Waals surface area contributed by atoms with E-state index in [1.54, 1.807) is 0 Å². The zero-order valence-electron chi connectivity index (χ0n) is 15.9. The summed E-state index contributed by atoms with van der Waals surface area (Å²) in [4.78, 5) is 5.23. The predicted molar refractivity (Wildman–Crippen MR) is 107 cm³/mol. The van der Waals surface area contributed by atoms with Crippen LogP contribution in [0.4, 0.5) is 0 Å². The Balaban J connectivity index is 1.24. The average molecular weight is 351 g/mol. The van der Waals surface area contributed by atoms with E-state index in [-0.39, 0.29) is 0 Å². The largest absolute Gasteiger partial charge is 0.493 e. The smallest absolute Gasteiger partial charge is 0.122 e. The molecule has 1 fully saturated rings. The Morgan fingerprint density at radius 2 is 1.65 bits per heavy atom. The molecule has 0 aromatic heterocycles. The van der Waals surface area contributed by atoms with Crippen LogP contribution in [0.25, 0.3) is 0 Å². The number of fused-ring (bicyclic) bond motifs is 1. The monoisotopic (exact) mass is 350 g/mol. The van der Waals surface area contributed by atoms with Crippen molar-refractivity contribution in [1.82, 2.24) is 9.80 Å². The molecular weight excluding hydrogens is 320 g/mol. The Hall–Kier alpha value is -1.84. The molecule has 0 bridgehead atoms. The average Bonchev–Trinajstić information content (AvgIpc) is 2.69. The number of nitrogens with zero attached hydrogens (tertiary/aromatic N) is 2. The second kappa shape index (κ2) is 8.24. The van der Waals surface area contributed by atoms with E-state index in [1.165, 1.54) is 55.8 Å². The highest BCUT2D eigenvalue weighted by Crippen LogP contribution is 2.35. The lowest BCUT2D eigenvalue weighted by molar-refractivity contribution is 0.122. The van der Waals surface area contributed by atoms with E-state index < -0.39 is 0 Å². The van der Waals surface area contributed by atoms with E-state index in [4.69, 9.17) is 4.74 Å². The minimum absolute atomic E-state index is 0.658. The summed E-state index contributed by atoms with van der Waals surface area (Å²) in [6.45, 7) is 10.0. The molecule has 2 heterocycles. The lowest BCUT2D eigenvalue weighted by atomic mass is 9.90. The van der Waals surface area contributed by atoms with E-state index in [2.05, 4.69) is 65.3 Å². The molecule has 0 radical (unpaired) electrons. The van der Waals surface area contributed by atoms with Gasteiger partial charge in [-0.25, -0.2) is 0 Å². The number of benzene rings is 2. The van der Waals surface area contributed by atoms with Gasteiger partial charge in [-0.15, -0.1) is 0 Å². The molecule has 1 unspecified atom stereocenters. The molecule has 2 aromatic rings. The van der Waals surface area contributed by atoms with Crippen molar-refractivity contribution in [2.24, 2.45) is 0 Å². The third kappa shape index (κ3) is 4.28. The number of aryl methyl sites for hydroxylation is 1. The van der Waals surface area contributed by atoms with Gasteiger partial charge in [-0.1, -0.05) is 48.0 Å². The Labute approximate surface area is 157 Å². The molecule has 2 aromatic carbocycles. The van der Waals surface area contributed by atoms with Crippen LogP contribution in [0.15, 0.2) is 48.5 Å². The van der Waals surface area contributed by atoms with Crippen molar-refractivity contribution >= 4 is 0 Å². The summed E-state index contributed by atoms with van der Waals surface area (Å²) in [6, 6.07) is 17.6. The van der Waals surface area contributed by atoms with Gasteiger partial charge in [-0.2, -0.15) is 0 Å². The van der Waals surface area contributed by atoms with Crippen LogP contribution in [0, 0.1) is 6.92 Å². The van der Waals surface area contributed by atoms with Gasteiger partial charge >= 0.3 is 0 Å². The number of hydrogen-bond donors (Lipinski definition) is 0. The van der Waals surface area contributed by atoms with Gasteiger partial charge in [-0.3, -0.25) is 4.90 Å².